The second kappa shape index (κ2) is 6.22. The summed E-state index contributed by atoms with van der Waals surface area (Å²) in [5.74, 6) is 1.51. The molecule has 0 bridgehead atoms. The quantitative estimate of drug-likeness (QED) is 0.863. The molecule has 0 saturated carbocycles. The fraction of sp³-hybridized carbons (Fsp3) is 0.500. The van der Waals surface area contributed by atoms with Crippen molar-refractivity contribution in [3.05, 3.63) is 35.6 Å². The third-order valence-electron chi connectivity index (χ3n) is 3.48. The minimum Gasteiger partial charge on any atom is -0.459 e. The summed E-state index contributed by atoms with van der Waals surface area (Å²) in [7, 11) is 3.70. The highest BCUT2D eigenvalue weighted by Gasteiger charge is 2.18. The molecule has 1 heterocycles. The van der Waals surface area contributed by atoms with Gasteiger partial charge in [-0.25, -0.2) is 0 Å². The number of benzene rings is 1. The molecule has 3 heteroatoms. The lowest BCUT2D eigenvalue weighted by Crippen LogP contribution is -2.20. The first kappa shape index (κ1) is 14.1. The Labute approximate surface area is 114 Å². The summed E-state index contributed by atoms with van der Waals surface area (Å²) in [6, 6.07) is 8.76. The maximum absolute atomic E-state index is 5.95. The predicted molar refractivity (Wildman–Crippen MR) is 78.4 cm³/mol. The SMILES string of the molecule is CNC(c1cc2cc(CCOC)ccc2o1)C(C)C. The van der Waals surface area contributed by atoms with Crippen molar-refractivity contribution in [1.29, 1.82) is 0 Å². The van der Waals surface area contributed by atoms with Crippen molar-refractivity contribution in [1.82, 2.24) is 5.32 Å². The van der Waals surface area contributed by atoms with Gasteiger partial charge >= 0.3 is 0 Å². The minimum atomic E-state index is 0.259. The van der Waals surface area contributed by atoms with E-state index < -0.39 is 0 Å². The molecule has 0 aliphatic rings. The van der Waals surface area contributed by atoms with E-state index in [0.717, 1.165) is 24.4 Å². The first-order valence-corrected chi connectivity index (χ1v) is 6.84. The summed E-state index contributed by atoms with van der Waals surface area (Å²) >= 11 is 0. The first-order chi connectivity index (χ1) is 9.15. The van der Waals surface area contributed by atoms with Crippen molar-refractivity contribution >= 4 is 11.0 Å². The number of fused-ring (bicyclic) bond motifs is 1. The lowest BCUT2D eigenvalue weighted by atomic mass is 10.0. The molecule has 19 heavy (non-hydrogen) atoms. The number of hydrogen-bond acceptors (Lipinski definition) is 3. The van der Waals surface area contributed by atoms with Crippen LogP contribution >= 0.6 is 0 Å². The maximum Gasteiger partial charge on any atom is 0.134 e. The van der Waals surface area contributed by atoms with Crippen LogP contribution < -0.4 is 5.32 Å². The summed E-state index contributed by atoms with van der Waals surface area (Å²) in [5.41, 5.74) is 2.24. The van der Waals surface area contributed by atoms with E-state index in [1.54, 1.807) is 7.11 Å². The Morgan fingerprint density at radius 2 is 2.05 bits per heavy atom. The topological polar surface area (TPSA) is 34.4 Å². The molecule has 3 nitrogen and oxygen atoms in total. The Morgan fingerprint density at radius 1 is 1.26 bits per heavy atom. The lowest BCUT2D eigenvalue weighted by Gasteiger charge is -2.16. The standard InChI is InChI=1S/C16H23NO2/c1-11(2)16(17-3)15-10-13-9-12(7-8-18-4)5-6-14(13)19-15/h5-6,9-11,16-17H,7-8H2,1-4H3. The predicted octanol–water partition coefficient (Wildman–Crippen LogP) is 3.54. The van der Waals surface area contributed by atoms with Crippen molar-refractivity contribution < 1.29 is 9.15 Å². The average molecular weight is 261 g/mol. The second-order valence-corrected chi connectivity index (χ2v) is 5.27. The molecule has 0 radical (unpaired) electrons. The van der Waals surface area contributed by atoms with Gasteiger partial charge in [-0.1, -0.05) is 19.9 Å². The van der Waals surface area contributed by atoms with Gasteiger partial charge in [0.05, 0.1) is 12.6 Å². The van der Waals surface area contributed by atoms with Gasteiger partial charge in [-0.15, -0.1) is 0 Å². The molecule has 104 valence electrons. The van der Waals surface area contributed by atoms with Crippen LogP contribution in [0.15, 0.2) is 28.7 Å². The summed E-state index contributed by atoms with van der Waals surface area (Å²) in [6.07, 6.45) is 0.937. The fourth-order valence-electron chi connectivity index (χ4n) is 2.45. The highest BCUT2D eigenvalue weighted by atomic mass is 16.5. The van der Waals surface area contributed by atoms with Crippen LogP contribution in [0.3, 0.4) is 0 Å². The van der Waals surface area contributed by atoms with Crippen LogP contribution in [0.2, 0.25) is 0 Å². The highest BCUT2D eigenvalue weighted by Crippen LogP contribution is 2.28. The van der Waals surface area contributed by atoms with E-state index in [-0.39, 0.29) is 6.04 Å². The molecule has 1 aromatic heterocycles. The van der Waals surface area contributed by atoms with E-state index in [9.17, 15) is 0 Å². The van der Waals surface area contributed by atoms with Crippen molar-refractivity contribution in [3.8, 4) is 0 Å². The first-order valence-electron chi connectivity index (χ1n) is 6.84. The van der Waals surface area contributed by atoms with Crippen LogP contribution in [-0.4, -0.2) is 20.8 Å². The van der Waals surface area contributed by atoms with Crippen molar-refractivity contribution in [2.45, 2.75) is 26.3 Å². The molecule has 0 aliphatic heterocycles. The third kappa shape index (κ3) is 3.17. The number of hydrogen-bond donors (Lipinski definition) is 1. The molecule has 0 spiro atoms. The maximum atomic E-state index is 5.95. The monoisotopic (exact) mass is 261 g/mol. The Hall–Kier alpha value is -1.32. The van der Waals surface area contributed by atoms with Gasteiger partial charge in [-0.2, -0.15) is 0 Å². The average Bonchev–Trinajstić information content (AvgIpc) is 2.79. The van der Waals surface area contributed by atoms with Crippen molar-refractivity contribution in [2.75, 3.05) is 20.8 Å². The number of furan rings is 1. The van der Waals surface area contributed by atoms with E-state index in [1.165, 1.54) is 10.9 Å². The zero-order valence-electron chi connectivity index (χ0n) is 12.2. The normalized spacial score (nSPS) is 13.3. The van der Waals surface area contributed by atoms with E-state index in [1.807, 2.05) is 7.05 Å². The smallest absolute Gasteiger partial charge is 0.134 e. The van der Waals surface area contributed by atoms with Crippen LogP contribution in [-0.2, 0) is 11.2 Å². The lowest BCUT2D eigenvalue weighted by molar-refractivity contribution is 0.202. The van der Waals surface area contributed by atoms with Crippen LogP contribution in [0.5, 0.6) is 0 Å². The molecule has 1 N–H and O–H groups in total. The van der Waals surface area contributed by atoms with Gasteiger partial charge in [0.1, 0.15) is 11.3 Å². The summed E-state index contributed by atoms with van der Waals surface area (Å²) in [5, 5.41) is 4.48. The summed E-state index contributed by atoms with van der Waals surface area (Å²) in [6.45, 7) is 5.14. The molecule has 0 aliphatic carbocycles. The number of rotatable bonds is 6. The molecule has 1 atom stereocenters. The van der Waals surface area contributed by atoms with Gasteiger partial charge in [0.25, 0.3) is 0 Å². The van der Waals surface area contributed by atoms with Crippen molar-refractivity contribution in [2.24, 2.45) is 5.92 Å². The summed E-state index contributed by atoms with van der Waals surface area (Å²) < 4.78 is 11.1. The largest absolute Gasteiger partial charge is 0.459 e. The molecule has 1 aromatic carbocycles. The van der Waals surface area contributed by atoms with Crippen molar-refractivity contribution in [3.63, 3.8) is 0 Å². The zero-order valence-corrected chi connectivity index (χ0v) is 12.2. The number of methoxy groups -OCH3 is 1. The van der Waals surface area contributed by atoms with E-state index in [0.29, 0.717) is 5.92 Å². The second-order valence-electron chi connectivity index (χ2n) is 5.27. The molecule has 0 saturated heterocycles. The number of ether oxygens (including phenoxy) is 1. The van der Waals surface area contributed by atoms with Gasteiger partial charge in [-0.05, 0) is 43.1 Å². The van der Waals surface area contributed by atoms with E-state index >= 15 is 0 Å². The summed E-state index contributed by atoms with van der Waals surface area (Å²) in [4.78, 5) is 0. The molecule has 0 amide bonds. The Kier molecular flexibility index (Phi) is 4.61. The molecular formula is C16H23NO2. The van der Waals surface area contributed by atoms with E-state index in [4.69, 9.17) is 9.15 Å². The number of nitrogens with one attached hydrogen (secondary N) is 1. The van der Waals surface area contributed by atoms with Gasteiger partial charge in [-0.3, -0.25) is 0 Å². The van der Waals surface area contributed by atoms with Gasteiger partial charge in [0.2, 0.25) is 0 Å². The van der Waals surface area contributed by atoms with Gasteiger partial charge in [0, 0.05) is 12.5 Å². The molecule has 1 unspecified atom stereocenters. The van der Waals surface area contributed by atoms with Gasteiger partial charge in [0.15, 0.2) is 0 Å². The van der Waals surface area contributed by atoms with Crippen LogP contribution in [0.4, 0.5) is 0 Å². The third-order valence-corrected chi connectivity index (χ3v) is 3.48. The Balaban J connectivity index is 2.29. The Bertz CT molecular complexity index is 531. The van der Waals surface area contributed by atoms with Gasteiger partial charge < -0.3 is 14.5 Å². The van der Waals surface area contributed by atoms with Crippen LogP contribution in [0.25, 0.3) is 11.0 Å². The van der Waals surface area contributed by atoms with Crippen LogP contribution in [0, 0.1) is 5.92 Å². The molecule has 2 aromatic rings. The Morgan fingerprint density at radius 3 is 2.68 bits per heavy atom. The van der Waals surface area contributed by atoms with Crippen LogP contribution in [0.1, 0.15) is 31.2 Å². The zero-order chi connectivity index (χ0) is 13.8. The highest BCUT2D eigenvalue weighted by molar-refractivity contribution is 5.78. The fourth-order valence-corrected chi connectivity index (χ4v) is 2.45. The molecule has 0 fully saturated rings. The molecular weight excluding hydrogens is 238 g/mol. The van der Waals surface area contributed by atoms with E-state index in [2.05, 4.69) is 43.4 Å². The minimum absolute atomic E-state index is 0.259. The molecule has 2 rings (SSSR count).